The van der Waals surface area contributed by atoms with E-state index in [0.717, 1.165) is 10.8 Å². The van der Waals surface area contributed by atoms with Crippen LogP contribution in [0, 0.1) is 0 Å². The molecule has 0 N–H and O–H groups in total. The van der Waals surface area contributed by atoms with Crippen molar-refractivity contribution in [3.63, 3.8) is 0 Å². The lowest BCUT2D eigenvalue weighted by atomic mass is 10.1. The van der Waals surface area contributed by atoms with Crippen LogP contribution in [0.2, 0.25) is 0 Å². The van der Waals surface area contributed by atoms with E-state index in [1.54, 1.807) is 30.3 Å². The quantitative estimate of drug-likeness (QED) is 0.430. The van der Waals surface area contributed by atoms with Gasteiger partial charge in [-0.1, -0.05) is 35.5 Å². The lowest BCUT2D eigenvalue weighted by Crippen LogP contribution is -2.48. The standard InChI is InChI=1S/C22H18F3N5O3S/c23-22(24,25)21-27-20(28-33-21)17-6-8-19(26-14-17)29-9-11-30(12-10-29)34(31,32)18-7-5-15-3-1-2-4-16(15)13-18/h1-8,13-14H,9-12H2. The molecule has 0 atom stereocenters. The van der Waals surface area contributed by atoms with Crippen molar-refractivity contribution in [3.05, 3.63) is 66.7 Å². The molecule has 0 radical (unpaired) electrons. The van der Waals surface area contributed by atoms with Crippen molar-refractivity contribution < 1.29 is 26.1 Å². The molecule has 176 valence electrons. The lowest BCUT2D eigenvalue weighted by Gasteiger charge is -2.34. The van der Waals surface area contributed by atoms with Crippen LogP contribution in [0.4, 0.5) is 19.0 Å². The number of nitrogens with zero attached hydrogens (tertiary/aromatic N) is 5. The third-order valence-electron chi connectivity index (χ3n) is 5.60. The van der Waals surface area contributed by atoms with E-state index in [1.165, 1.54) is 10.5 Å². The maximum absolute atomic E-state index is 13.1. The van der Waals surface area contributed by atoms with Gasteiger partial charge in [-0.2, -0.15) is 22.5 Å². The molecule has 2 aromatic carbocycles. The first-order valence-corrected chi connectivity index (χ1v) is 11.8. The Morgan fingerprint density at radius 2 is 1.65 bits per heavy atom. The molecule has 0 amide bonds. The molecule has 3 heterocycles. The SMILES string of the molecule is O=S(=O)(c1ccc2ccccc2c1)N1CCN(c2ccc(-c3noc(C(F)(F)F)n3)cn2)CC1. The third-order valence-corrected chi connectivity index (χ3v) is 7.49. The summed E-state index contributed by atoms with van der Waals surface area (Å²) >= 11 is 0. The summed E-state index contributed by atoms with van der Waals surface area (Å²) in [6, 6.07) is 15.8. The number of hydrogen-bond acceptors (Lipinski definition) is 7. The zero-order valence-corrected chi connectivity index (χ0v) is 18.4. The van der Waals surface area contributed by atoms with Gasteiger partial charge in [0.05, 0.1) is 4.90 Å². The fourth-order valence-electron chi connectivity index (χ4n) is 3.80. The molecule has 0 spiro atoms. The van der Waals surface area contributed by atoms with Crippen molar-refractivity contribution in [1.82, 2.24) is 19.4 Å². The van der Waals surface area contributed by atoms with Gasteiger partial charge in [-0.25, -0.2) is 13.4 Å². The van der Waals surface area contributed by atoms with Crippen LogP contribution in [0.25, 0.3) is 22.2 Å². The minimum atomic E-state index is -4.72. The van der Waals surface area contributed by atoms with Crippen LogP contribution in [0.15, 0.2) is 70.2 Å². The van der Waals surface area contributed by atoms with Crippen LogP contribution in [0.5, 0.6) is 0 Å². The molecular formula is C22H18F3N5O3S. The molecule has 34 heavy (non-hydrogen) atoms. The number of rotatable bonds is 4. The maximum Gasteiger partial charge on any atom is 0.471 e. The van der Waals surface area contributed by atoms with Gasteiger partial charge in [0, 0.05) is 37.9 Å². The van der Waals surface area contributed by atoms with Gasteiger partial charge in [-0.3, -0.25) is 0 Å². The van der Waals surface area contributed by atoms with E-state index < -0.39 is 22.1 Å². The number of alkyl halides is 3. The Labute approximate surface area is 192 Å². The topological polar surface area (TPSA) is 92.4 Å². The van der Waals surface area contributed by atoms with Crippen molar-refractivity contribution in [2.75, 3.05) is 31.1 Å². The molecule has 1 aliphatic heterocycles. The second-order valence-corrected chi connectivity index (χ2v) is 9.66. The van der Waals surface area contributed by atoms with Crippen LogP contribution < -0.4 is 4.90 Å². The van der Waals surface area contributed by atoms with Crippen molar-refractivity contribution in [1.29, 1.82) is 0 Å². The van der Waals surface area contributed by atoms with Crippen LogP contribution in [0.1, 0.15) is 5.89 Å². The Balaban J connectivity index is 1.27. The van der Waals surface area contributed by atoms with Gasteiger partial charge in [0.25, 0.3) is 0 Å². The number of halogens is 3. The molecular weight excluding hydrogens is 471 g/mol. The molecule has 4 aromatic rings. The van der Waals surface area contributed by atoms with Crippen molar-refractivity contribution in [2.24, 2.45) is 0 Å². The Hall–Kier alpha value is -3.51. The molecule has 12 heteroatoms. The number of hydrogen-bond donors (Lipinski definition) is 0. The number of benzene rings is 2. The normalized spacial score (nSPS) is 15.7. The summed E-state index contributed by atoms with van der Waals surface area (Å²) < 4.78 is 69.9. The van der Waals surface area contributed by atoms with Crippen LogP contribution >= 0.6 is 0 Å². The number of aromatic nitrogens is 3. The predicted octanol–water partition coefficient (Wildman–Crippen LogP) is 3.81. The highest BCUT2D eigenvalue weighted by Crippen LogP contribution is 2.30. The highest BCUT2D eigenvalue weighted by atomic mass is 32.2. The number of pyridine rings is 1. The van der Waals surface area contributed by atoms with E-state index in [9.17, 15) is 21.6 Å². The fraction of sp³-hybridized carbons (Fsp3) is 0.227. The van der Waals surface area contributed by atoms with Crippen LogP contribution in [-0.2, 0) is 16.2 Å². The fourth-order valence-corrected chi connectivity index (χ4v) is 5.25. The summed E-state index contributed by atoms with van der Waals surface area (Å²) in [5.74, 6) is -1.06. The first-order chi connectivity index (χ1) is 16.2. The molecule has 0 unspecified atom stereocenters. The number of sulfonamides is 1. The summed E-state index contributed by atoms with van der Waals surface area (Å²) in [4.78, 5) is 9.79. The molecule has 1 aliphatic rings. The maximum atomic E-state index is 13.1. The summed E-state index contributed by atoms with van der Waals surface area (Å²) in [5, 5.41) is 5.17. The van der Waals surface area contributed by atoms with Gasteiger partial charge >= 0.3 is 12.1 Å². The van der Waals surface area contributed by atoms with E-state index in [2.05, 4.69) is 19.6 Å². The zero-order valence-electron chi connectivity index (χ0n) is 17.6. The highest BCUT2D eigenvalue weighted by Gasteiger charge is 2.38. The van der Waals surface area contributed by atoms with Crippen molar-refractivity contribution >= 4 is 26.6 Å². The first-order valence-electron chi connectivity index (χ1n) is 10.3. The smallest absolute Gasteiger partial charge is 0.354 e. The summed E-state index contributed by atoms with van der Waals surface area (Å²) in [7, 11) is -3.64. The molecule has 0 bridgehead atoms. The summed E-state index contributed by atoms with van der Waals surface area (Å²) in [6.07, 6.45) is -3.36. The lowest BCUT2D eigenvalue weighted by molar-refractivity contribution is -0.159. The first kappa shape index (κ1) is 22.3. The van der Waals surface area contributed by atoms with Gasteiger partial charge in [-0.05, 0) is 35.0 Å². The van der Waals surface area contributed by atoms with Gasteiger partial charge in [0.15, 0.2) is 0 Å². The van der Waals surface area contributed by atoms with E-state index in [0.29, 0.717) is 18.9 Å². The van der Waals surface area contributed by atoms with Gasteiger partial charge in [0.2, 0.25) is 15.8 Å². The second-order valence-electron chi connectivity index (χ2n) is 7.73. The minimum absolute atomic E-state index is 0.210. The monoisotopic (exact) mass is 489 g/mol. The Bertz CT molecular complexity index is 1430. The van der Waals surface area contributed by atoms with E-state index in [-0.39, 0.29) is 29.4 Å². The van der Waals surface area contributed by atoms with E-state index >= 15 is 0 Å². The predicted molar refractivity (Wildman–Crippen MR) is 117 cm³/mol. The summed E-state index contributed by atoms with van der Waals surface area (Å²) in [5.41, 5.74) is 0.278. The highest BCUT2D eigenvalue weighted by molar-refractivity contribution is 7.89. The number of fused-ring (bicyclic) bond motifs is 1. The molecule has 0 aliphatic carbocycles. The molecule has 2 aromatic heterocycles. The van der Waals surface area contributed by atoms with Gasteiger partial charge in [0.1, 0.15) is 5.82 Å². The van der Waals surface area contributed by atoms with Crippen molar-refractivity contribution in [3.8, 4) is 11.4 Å². The Morgan fingerprint density at radius 3 is 2.29 bits per heavy atom. The minimum Gasteiger partial charge on any atom is -0.354 e. The number of piperazine rings is 1. The molecule has 5 rings (SSSR count). The average molecular weight is 489 g/mol. The zero-order chi connectivity index (χ0) is 23.9. The largest absolute Gasteiger partial charge is 0.471 e. The third kappa shape index (κ3) is 4.21. The number of anilines is 1. The molecule has 0 saturated carbocycles. The van der Waals surface area contributed by atoms with Gasteiger partial charge in [-0.15, -0.1) is 0 Å². The Morgan fingerprint density at radius 1 is 0.912 bits per heavy atom. The Kier molecular flexibility index (Phi) is 5.48. The van der Waals surface area contributed by atoms with E-state index in [1.807, 2.05) is 29.2 Å². The summed E-state index contributed by atoms with van der Waals surface area (Å²) in [6.45, 7) is 1.38. The van der Waals surface area contributed by atoms with E-state index in [4.69, 9.17) is 0 Å². The second kappa shape index (κ2) is 8.37. The molecule has 1 fully saturated rings. The molecule has 1 saturated heterocycles. The van der Waals surface area contributed by atoms with Gasteiger partial charge < -0.3 is 9.42 Å². The molecule has 8 nitrogen and oxygen atoms in total. The van der Waals surface area contributed by atoms with Crippen LogP contribution in [0.3, 0.4) is 0 Å². The van der Waals surface area contributed by atoms with Crippen LogP contribution in [-0.4, -0.2) is 54.0 Å². The average Bonchev–Trinajstić information content (AvgIpc) is 3.35. The van der Waals surface area contributed by atoms with Crippen molar-refractivity contribution in [2.45, 2.75) is 11.1 Å².